The second kappa shape index (κ2) is 9.84. The van der Waals surface area contributed by atoms with Gasteiger partial charge in [0.25, 0.3) is 5.56 Å². The fourth-order valence-corrected chi connectivity index (χ4v) is 4.46. The van der Waals surface area contributed by atoms with E-state index in [-0.39, 0.29) is 17.4 Å². The number of aromatic nitrogens is 3. The number of hydrogen-bond donors (Lipinski definition) is 3. The summed E-state index contributed by atoms with van der Waals surface area (Å²) in [6, 6.07) is 12.5. The number of rotatable bonds is 9. The van der Waals surface area contributed by atoms with E-state index in [1.54, 1.807) is 20.0 Å². The Bertz CT molecular complexity index is 1170. The van der Waals surface area contributed by atoms with Gasteiger partial charge in [-0.15, -0.1) is 0 Å². The molecule has 0 saturated heterocycles. The second-order valence-electron chi connectivity index (χ2n) is 7.57. The van der Waals surface area contributed by atoms with E-state index in [9.17, 15) is 13.2 Å². The highest BCUT2D eigenvalue weighted by Crippen LogP contribution is 2.16. The fraction of sp³-hybridized carbons (Fsp3) is 0.318. The zero-order valence-electron chi connectivity index (χ0n) is 17.8. The highest BCUT2D eigenvalue weighted by Gasteiger charge is 2.12. The number of aryl methyl sites for hydroxylation is 1. The SMILES string of the molecule is CCc1cc(=O)[nH]c(-c2ccc(NCc3ccc(CS(=O)(=O)NC(C)C)cc3)nc2)n1. The minimum Gasteiger partial charge on any atom is -0.366 e. The lowest BCUT2D eigenvalue weighted by Crippen LogP contribution is -2.31. The lowest BCUT2D eigenvalue weighted by atomic mass is 10.1. The number of aromatic amines is 1. The molecule has 0 fully saturated rings. The first kappa shape index (κ1) is 22.6. The van der Waals surface area contributed by atoms with Crippen LogP contribution in [0, 0.1) is 0 Å². The van der Waals surface area contributed by atoms with Crippen LogP contribution in [0.15, 0.2) is 53.5 Å². The Morgan fingerprint density at radius 1 is 1.06 bits per heavy atom. The Morgan fingerprint density at radius 3 is 2.39 bits per heavy atom. The maximum absolute atomic E-state index is 12.0. The van der Waals surface area contributed by atoms with Crippen molar-refractivity contribution in [2.75, 3.05) is 5.32 Å². The van der Waals surface area contributed by atoms with Gasteiger partial charge in [-0.3, -0.25) is 4.79 Å². The van der Waals surface area contributed by atoms with Gasteiger partial charge >= 0.3 is 0 Å². The predicted molar refractivity (Wildman–Crippen MR) is 122 cm³/mol. The van der Waals surface area contributed by atoms with E-state index >= 15 is 0 Å². The molecule has 0 unspecified atom stereocenters. The van der Waals surface area contributed by atoms with Crippen LogP contribution >= 0.6 is 0 Å². The molecule has 8 nitrogen and oxygen atoms in total. The molecule has 0 aliphatic heterocycles. The molecule has 0 amide bonds. The van der Waals surface area contributed by atoms with E-state index in [1.165, 1.54) is 6.07 Å². The lowest BCUT2D eigenvalue weighted by Gasteiger charge is -2.10. The molecule has 3 aromatic rings. The smallest absolute Gasteiger partial charge is 0.251 e. The summed E-state index contributed by atoms with van der Waals surface area (Å²) >= 11 is 0. The van der Waals surface area contributed by atoms with Crippen molar-refractivity contribution < 1.29 is 8.42 Å². The third-order valence-electron chi connectivity index (χ3n) is 4.46. The molecule has 3 rings (SSSR count). The van der Waals surface area contributed by atoms with Crippen molar-refractivity contribution in [3.8, 4) is 11.4 Å². The van der Waals surface area contributed by atoms with E-state index in [1.807, 2.05) is 43.3 Å². The van der Waals surface area contributed by atoms with Crippen LogP contribution in [0.3, 0.4) is 0 Å². The number of nitrogens with one attached hydrogen (secondary N) is 3. The molecule has 31 heavy (non-hydrogen) atoms. The summed E-state index contributed by atoms with van der Waals surface area (Å²) in [6.45, 7) is 6.09. The standard InChI is InChI=1S/C22H27N5O3S/c1-4-19-11-21(28)26-22(25-19)18-9-10-20(24-13-18)23-12-16-5-7-17(8-6-16)14-31(29,30)27-15(2)3/h5-11,13,15,27H,4,12,14H2,1-3H3,(H,23,24)(H,25,26,28). The molecule has 0 spiro atoms. The van der Waals surface area contributed by atoms with Crippen molar-refractivity contribution in [2.24, 2.45) is 0 Å². The molecule has 0 radical (unpaired) electrons. The van der Waals surface area contributed by atoms with Crippen LogP contribution in [0.1, 0.15) is 37.6 Å². The van der Waals surface area contributed by atoms with Crippen LogP contribution in [-0.4, -0.2) is 29.4 Å². The largest absolute Gasteiger partial charge is 0.366 e. The van der Waals surface area contributed by atoms with Crippen molar-refractivity contribution in [1.29, 1.82) is 0 Å². The molecule has 2 aromatic heterocycles. The number of pyridine rings is 1. The van der Waals surface area contributed by atoms with Crippen LogP contribution in [-0.2, 0) is 28.7 Å². The van der Waals surface area contributed by atoms with Gasteiger partial charge in [-0.2, -0.15) is 0 Å². The summed E-state index contributed by atoms with van der Waals surface area (Å²) in [7, 11) is -3.34. The summed E-state index contributed by atoms with van der Waals surface area (Å²) in [5.74, 6) is 1.14. The molecular formula is C22H27N5O3S. The Labute approximate surface area is 182 Å². The molecule has 0 atom stereocenters. The fourth-order valence-electron chi connectivity index (χ4n) is 3.03. The maximum Gasteiger partial charge on any atom is 0.251 e. The molecule has 9 heteroatoms. The van der Waals surface area contributed by atoms with E-state index in [0.29, 0.717) is 24.6 Å². The van der Waals surface area contributed by atoms with E-state index in [4.69, 9.17) is 0 Å². The molecule has 0 aliphatic rings. The van der Waals surface area contributed by atoms with Gasteiger partial charge in [0.2, 0.25) is 10.0 Å². The number of H-pyrrole nitrogens is 1. The topological polar surface area (TPSA) is 117 Å². The highest BCUT2D eigenvalue weighted by molar-refractivity contribution is 7.88. The maximum atomic E-state index is 12.0. The highest BCUT2D eigenvalue weighted by atomic mass is 32.2. The van der Waals surface area contributed by atoms with E-state index in [0.717, 1.165) is 22.4 Å². The monoisotopic (exact) mass is 441 g/mol. The first-order chi connectivity index (χ1) is 14.7. The summed E-state index contributed by atoms with van der Waals surface area (Å²) in [5, 5.41) is 3.23. The lowest BCUT2D eigenvalue weighted by molar-refractivity contribution is 0.569. The van der Waals surface area contributed by atoms with Crippen LogP contribution in [0.2, 0.25) is 0 Å². The van der Waals surface area contributed by atoms with Crippen molar-refractivity contribution >= 4 is 15.8 Å². The quantitative estimate of drug-likeness (QED) is 0.470. The van der Waals surface area contributed by atoms with Crippen LogP contribution in [0.25, 0.3) is 11.4 Å². The van der Waals surface area contributed by atoms with Gasteiger partial charge in [-0.1, -0.05) is 31.2 Å². The van der Waals surface area contributed by atoms with Gasteiger partial charge < -0.3 is 10.3 Å². The first-order valence-electron chi connectivity index (χ1n) is 10.1. The zero-order chi connectivity index (χ0) is 22.4. The van der Waals surface area contributed by atoms with Crippen LogP contribution in [0.4, 0.5) is 5.82 Å². The Hall–Kier alpha value is -3.04. The van der Waals surface area contributed by atoms with Crippen LogP contribution in [0.5, 0.6) is 0 Å². The third-order valence-corrected chi connectivity index (χ3v) is 6.01. The molecule has 0 bridgehead atoms. The molecule has 1 aromatic carbocycles. The van der Waals surface area contributed by atoms with Crippen molar-refractivity contribution in [3.63, 3.8) is 0 Å². The van der Waals surface area contributed by atoms with Crippen LogP contribution < -0.4 is 15.6 Å². The van der Waals surface area contributed by atoms with E-state index in [2.05, 4.69) is 25.0 Å². The first-order valence-corrected chi connectivity index (χ1v) is 11.8. The summed E-state index contributed by atoms with van der Waals surface area (Å²) in [5.41, 5.74) is 3.02. The van der Waals surface area contributed by atoms with Gasteiger partial charge in [0, 0.05) is 36.1 Å². The molecule has 164 valence electrons. The van der Waals surface area contributed by atoms with E-state index < -0.39 is 10.0 Å². The molecular weight excluding hydrogens is 414 g/mol. The average Bonchev–Trinajstić information content (AvgIpc) is 2.72. The molecule has 0 aliphatic carbocycles. The van der Waals surface area contributed by atoms with Crippen molar-refractivity contribution in [3.05, 3.63) is 75.8 Å². The minimum absolute atomic E-state index is 0.0444. The molecule has 2 heterocycles. The van der Waals surface area contributed by atoms with Gasteiger partial charge in [-0.05, 0) is 43.5 Å². The Kier molecular flexibility index (Phi) is 7.19. The van der Waals surface area contributed by atoms with Gasteiger partial charge in [-0.25, -0.2) is 23.1 Å². The Morgan fingerprint density at radius 2 is 1.77 bits per heavy atom. The normalized spacial score (nSPS) is 11.6. The average molecular weight is 442 g/mol. The number of hydrogen-bond acceptors (Lipinski definition) is 6. The predicted octanol–water partition coefficient (Wildman–Crippen LogP) is 2.83. The summed E-state index contributed by atoms with van der Waals surface area (Å²) in [4.78, 5) is 23.3. The Balaban J connectivity index is 1.60. The summed E-state index contributed by atoms with van der Waals surface area (Å²) < 4.78 is 26.7. The number of benzene rings is 1. The van der Waals surface area contributed by atoms with Gasteiger partial charge in [0.15, 0.2) is 0 Å². The molecule has 3 N–H and O–H groups in total. The number of nitrogens with zero attached hydrogens (tertiary/aromatic N) is 2. The van der Waals surface area contributed by atoms with Gasteiger partial charge in [0.05, 0.1) is 5.75 Å². The molecule has 0 saturated carbocycles. The zero-order valence-corrected chi connectivity index (χ0v) is 18.7. The minimum atomic E-state index is -3.34. The van der Waals surface area contributed by atoms with Gasteiger partial charge in [0.1, 0.15) is 11.6 Å². The van der Waals surface area contributed by atoms with Crippen molar-refractivity contribution in [1.82, 2.24) is 19.7 Å². The summed E-state index contributed by atoms with van der Waals surface area (Å²) in [6.07, 6.45) is 2.35. The van der Waals surface area contributed by atoms with Crippen molar-refractivity contribution in [2.45, 2.75) is 45.5 Å². The number of sulfonamides is 1. The third kappa shape index (κ3) is 6.73. The second-order valence-corrected chi connectivity index (χ2v) is 9.33. The number of anilines is 1.